The van der Waals surface area contributed by atoms with E-state index in [4.69, 9.17) is 0 Å². The molecule has 2 saturated heterocycles. The zero-order valence-electron chi connectivity index (χ0n) is 12.3. The molecule has 0 aromatic heterocycles. The van der Waals surface area contributed by atoms with Crippen LogP contribution in [0.3, 0.4) is 0 Å². The standard InChI is InChI=1S/C15H16FN3O3S/c16-10-1-3-11(4-2-10)19-14(21)12(17-15(19)22)9-13(20)18-5-7-23-8-6-18/h1-4,12H,5-9H2,(H,17,22)/t12-/m1/s1. The average Bonchev–Trinajstić information content (AvgIpc) is 2.83. The number of imide groups is 1. The van der Waals surface area contributed by atoms with Crippen molar-refractivity contribution in [2.75, 3.05) is 29.5 Å². The van der Waals surface area contributed by atoms with Gasteiger partial charge in [-0.05, 0) is 24.3 Å². The molecule has 0 saturated carbocycles. The molecule has 0 radical (unpaired) electrons. The summed E-state index contributed by atoms with van der Waals surface area (Å²) in [6, 6.07) is 3.63. The Balaban J connectivity index is 1.68. The number of nitrogens with zero attached hydrogens (tertiary/aromatic N) is 2. The largest absolute Gasteiger partial charge is 0.341 e. The van der Waals surface area contributed by atoms with Gasteiger partial charge in [0, 0.05) is 24.6 Å². The van der Waals surface area contributed by atoms with Gasteiger partial charge < -0.3 is 10.2 Å². The number of anilines is 1. The molecule has 8 heteroatoms. The Kier molecular flexibility index (Phi) is 4.51. The molecule has 0 unspecified atom stereocenters. The van der Waals surface area contributed by atoms with Crippen LogP contribution in [0.4, 0.5) is 14.9 Å². The van der Waals surface area contributed by atoms with Gasteiger partial charge in [-0.3, -0.25) is 9.59 Å². The molecule has 1 aromatic rings. The predicted molar refractivity (Wildman–Crippen MR) is 84.7 cm³/mol. The van der Waals surface area contributed by atoms with E-state index in [-0.39, 0.29) is 12.3 Å². The summed E-state index contributed by atoms with van der Waals surface area (Å²) >= 11 is 1.79. The average molecular weight is 337 g/mol. The van der Waals surface area contributed by atoms with E-state index in [0.29, 0.717) is 18.8 Å². The molecule has 1 N–H and O–H groups in total. The van der Waals surface area contributed by atoms with E-state index < -0.39 is 23.8 Å². The molecule has 2 heterocycles. The van der Waals surface area contributed by atoms with Crippen molar-refractivity contribution < 1.29 is 18.8 Å². The Hall–Kier alpha value is -2.09. The van der Waals surface area contributed by atoms with E-state index >= 15 is 0 Å². The minimum absolute atomic E-state index is 0.0487. The first kappa shape index (κ1) is 15.8. The zero-order valence-corrected chi connectivity index (χ0v) is 13.1. The topological polar surface area (TPSA) is 69.7 Å². The third-order valence-corrected chi connectivity index (χ3v) is 4.79. The van der Waals surface area contributed by atoms with Crippen molar-refractivity contribution in [3.05, 3.63) is 30.1 Å². The van der Waals surface area contributed by atoms with Gasteiger partial charge in [0.1, 0.15) is 11.9 Å². The number of benzene rings is 1. The van der Waals surface area contributed by atoms with Crippen LogP contribution < -0.4 is 10.2 Å². The summed E-state index contributed by atoms with van der Waals surface area (Å²) in [7, 11) is 0. The number of hydrogen-bond donors (Lipinski definition) is 1. The molecule has 1 atom stereocenters. The number of hydrogen-bond acceptors (Lipinski definition) is 4. The number of rotatable bonds is 3. The molecule has 2 aliphatic rings. The molecule has 4 amide bonds. The minimum Gasteiger partial charge on any atom is -0.341 e. The number of thioether (sulfide) groups is 1. The number of nitrogens with one attached hydrogen (secondary N) is 1. The molecule has 3 rings (SSSR count). The summed E-state index contributed by atoms with van der Waals surface area (Å²) in [6.07, 6.45) is -0.0487. The van der Waals surface area contributed by atoms with E-state index in [1.165, 1.54) is 24.3 Å². The van der Waals surface area contributed by atoms with Crippen LogP contribution in [0.15, 0.2) is 24.3 Å². The first-order valence-corrected chi connectivity index (χ1v) is 8.47. The van der Waals surface area contributed by atoms with Crippen molar-refractivity contribution in [2.24, 2.45) is 0 Å². The van der Waals surface area contributed by atoms with Gasteiger partial charge in [-0.25, -0.2) is 14.1 Å². The van der Waals surface area contributed by atoms with Gasteiger partial charge >= 0.3 is 6.03 Å². The summed E-state index contributed by atoms with van der Waals surface area (Å²) in [4.78, 5) is 39.3. The normalized spacial score (nSPS) is 21.5. The number of carbonyl (C=O) groups is 3. The van der Waals surface area contributed by atoms with Crippen LogP contribution in [-0.4, -0.2) is 53.4 Å². The molecule has 0 aliphatic carbocycles. The highest BCUT2D eigenvalue weighted by atomic mass is 32.2. The Bertz CT molecular complexity index is 631. The Morgan fingerprint density at radius 1 is 1.22 bits per heavy atom. The molecule has 122 valence electrons. The van der Waals surface area contributed by atoms with Gasteiger partial charge in [0.25, 0.3) is 5.91 Å². The summed E-state index contributed by atoms with van der Waals surface area (Å²) < 4.78 is 13.0. The van der Waals surface area contributed by atoms with Crippen molar-refractivity contribution >= 4 is 35.3 Å². The fourth-order valence-corrected chi connectivity index (χ4v) is 3.52. The van der Waals surface area contributed by atoms with Crippen molar-refractivity contribution in [1.29, 1.82) is 0 Å². The highest BCUT2D eigenvalue weighted by molar-refractivity contribution is 7.99. The second-order valence-corrected chi connectivity index (χ2v) is 6.57. The van der Waals surface area contributed by atoms with Crippen LogP contribution >= 0.6 is 11.8 Å². The predicted octanol–water partition coefficient (Wildman–Crippen LogP) is 1.22. The lowest BCUT2D eigenvalue weighted by atomic mass is 10.1. The maximum atomic E-state index is 13.0. The molecule has 6 nitrogen and oxygen atoms in total. The van der Waals surface area contributed by atoms with E-state index in [1.807, 2.05) is 0 Å². The maximum Gasteiger partial charge on any atom is 0.329 e. The first-order chi connectivity index (χ1) is 11.1. The summed E-state index contributed by atoms with van der Waals surface area (Å²) in [6.45, 7) is 1.33. The summed E-state index contributed by atoms with van der Waals surface area (Å²) in [5, 5.41) is 2.53. The maximum absolute atomic E-state index is 13.0. The van der Waals surface area contributed by atoms with Gasteiger partial charge in [0.15, 0.2) is 0 Å². The fraction of sp³-hybridized carbons (Fsp3) is 0.400. The quantitative estimate of drug-likeness (QED) is 0.842. The first-order valence-electron chi connectivity index (χ1n) is 7.32. The van der Waals surface area contributed by atoms with Crippen LogP contribution in [0.2, 0.25) is 0 Å². The van der Waals surface area contributed by atoms with Gasteiger partial charge in [-0.1, -0.05) is 0 Å². The SMILES string of the molecule is O=C(C[C@H]1NC(=O)N(c2ccc(F)cc2)C1=O)N1CCSCC1. The second-order valence-electron chi connectivity index (χ2n) is 5.35. The monoisotopic (exact) mass is 337 g/mol. The van der Waals surface area contributed by atoms with E-state index in [2.05, 4.69) is 5.32 Å². The number of carbonyl (C=O) groups excluding carboxylic acids is 3. The molecule has 0 spiro atoms. The lowest BCUT2D eigenvalue weighted by Gasteiger charge is -2.27. The van der Waals surface area contributed by atoms with Crippen molar-refractivity contribution in [1.82, 2.24) is 10.2 Å². The molecular formula is C15H16FN3O3S. The summed E-state index contributed by atoms with van der Waals surface area (Å²) in [5.41, 5.74) is 0.290. The highest BCUT2D eigenvalue weighted by Gasteiger charge is 2.40. The van der Waals surface area contributed by atoms with Crippen LogP contribution in [0.25, 0.3) is 0 Å². The van der Waals surface area contributed by atoms with E-state index in [0.717, 1.165) is 16.4 Å². The molecule has 2 aliphatic heterocycles. The third-order valence-electron chi connectivity index (χ3n) is 3.85. The number of urea groups is 1. The molecule has 1 aromatic carbocycles. The van der Waals surface area contributed by atoms with Crippen LogP contribution in [0.5, 0.6) is 0 Å². The lowest BCUT2D eigenvalue weighted by molar-refractivity contribution is -0.133. The van der Waals surface area contributed by atoms with E-state index in [1.54, 1.807) is 16.7 Å². The third kappa shape index (κ3) is 3.31. The van der Waals surface area contributed by atoms with Gasteiger partial charge in [0.2, 0.25) is 5.91 Å². The Morgan fingerprint density at radius 2 is 1.87 bits per heavy atom. The van der Waals surface area contributed by atoms with Gasteiger partial charge in [0.05, 0.1) is 12.1 Å². The zero-order chi connectivity index (χ0) is 16.4. The fourth-order valence-electron chi connectivity index (χ4n) is 2.62. The van der Waals surface area contributed by atoms with E-state index in [9.17, 15) is 18.8 Å². The molecular weight excluding hydrogens is 321 g/mol. The highest BCUT2D eigenvalue weighted by Crippen LogP contribution is 2.21. The van der Waals surface area contributed by atoms with Crippen LogP contribution in [0.1, 0.15) is 6.42 Å². The molecule has 0 bridgehead atoms. The summed E-state index contributed by atoms with van der Waals surface area (Å²) in [5.74, 6) is 0.707. The second kappa shape index (κ2) is 6.57. The number of halogens is 1. The van der Waals surface area contributed by atoms with Crippen molar-refractivity contribution in [3.8, 4) is 0 Å². The number of amides is 4. The molecule has 2 fully saturated rings. The Morgan fingerprint density at radius 3 is 2.52 bits per heavy atom. The van der Waals surface area contributed by atoms with Gasteiger partial charge in [-0.2, -0.15) is 11.8 Å². The van der Waals surface area contributed by atoms with Crippen LogP contribution in [-0.2, 0) is 9.59 Å². The smallest absolute Gasteiger partial charge is 0.329 e. The van der Waals surface area contributed by atoms with Crippen molar-refractivity contribution in [2.45, 2.75) is 12.5 Å². The molecule has 23 heavy (non-hydrogen) atoms. The van der Waals surface area contributed by atoms with Gasteiger partial charge in [-0.15, -0.1) is 0 Å². The minimum atomic E-state index is -0.866. The van der Waals surface area contributed by atoms with Crippen LogP contribution in [0, 0.1) is 5.82 Å². The lowest BCUT2D eigenvalue weighted by Crippen LogP contribution is -2.42. The van der Waals surface area contributed by atoms with Crippen molar-refractivity contribution in [3.63, 3.8) is 0 Å². The Labute approximate surface area is 137 Å².